The van der Waals surface area contributed by atoms with Crippen molar-refractivity contribution in [1.29, 1.82) is 0 Å². The maximum absolute atomic E-state index is 12.6. The number of benzene rings is 1. The van der Waals surface area contributed by atoms with Crippen molar-refractivity contribution < 1.29 is 17.9 Å². The molecule has 0 atom stereocenters. The second-order valence-electron chi connectivity index (χ2n) is 5.35. The lowest BCUT2D eigenvalue weighted by Crippen LogP contribution is -2.05. The summed E-state index contributed by atoms with van der Waals surface area (Å²) in [6.07, 6.45) is -3.83. The number of pyridine rings is 2. The predicted molar refractivity (Wildman–Crippen MR) is 91.9 cm³/mol. The molecule has 0 bridgehead atoms. The number of hydrogen-bond donors (Lipinski definition) is 1. The third-order valence-corrected chi connectivity index (χ3v) is 3.79. The van der Waals surface area contributed by atoms with E-state index in [0.29, 0.717) is 18.5 Å². The van der Waals surface area contributed by atoms with Gasteiger partial charge in [-0.1, -0.05) is 17.7 Å². The van der Waals surface area contributed by atoms with Gasteiger partial charge < -0.3 is 10.5 Å². The fourth-order valence-electron chi connectivity index (χ4n) is 2.21. The summed E-state index contributed by atoms with van der Waals surface area (Å²) in [5.74, 6) is 0.286. The SMILES string of the molecule is NCc1cccc(-c2ccc(Oc3ncc(C(F)(F)F)cc3Cl)cc2)n1. The molecule has 1 aromatic carbocycles. The van der Waals surface area contributed by atoms with Gasteiger partial charge >= 0.3 is 6.18 Å². The fraction of sp³-hybridized carbons (Fsp3) is 0.111. The number of nitrogens with two attached hydrogens (primary N) is 1. The first-order chi connectivity index (χ1) is 12.4. The topological polar surface area (TPSA) is 61.0 Å². The van der Waals surface area contributed by atoms with Crippen LogP contribution in [0.15, 0.2) is 54.7 Å². The van der Waals surface area contributed by atoms with Gasteiger partial charge in [0.15, 0.2) is 0 Å². The van der Waals surface area contributed by atoms with E-state index in [-0.39, 0.29) is 10.9 Å². The zero-order chi connectivity index (χ0) is 18.7. The molecule has 0 amide bonds. The Hall–Kier alpha value is -2.64. The van der Waals surface area contributed by atoms with Crippen LogP contribution in [0.2, 0.25) is 5.02 Å². The average molecular weight is 380 g/mol. The second kappa shape index (κ2) is 7.31. The summed E-state index contributed by atoms with van der Waals surface area (Å²) in [5, 5.41) is -0.221. The Balaban J connectivity index is 1.79. The third-order valence-electron chi connectivity index (χ3n) is 3.52. The Morgan fingerprint density at radius 2 is 1.81 bits per heavy atom. The Morgan fingerprint density at radius 1 is 1.08 bits per heavy atom. The van der Waals surface area contributed by atoms with Crippen molar-refractivity contribution in [3.63, 3.8) is 0 Å². The van der Waals surface area contributed by atoms with Gasteiger partial charge in [0.25, 0.3) is 0 Å². The Bertz CT molecular complexity index is 914. The van der Waals surface area contributed by atoms with Crippen LogP contribution in [0, 0.1) is 0 Å². The number of ether oxygens (including phenoxy) is 1. The van der Waals surface area contributed by atoms with Crippen molar-refractivity contribution in [2.75, 3.05) is 0 Å². The minimum Gasteiger partial charge on any atom is -0.438 e. The van der Waals surface area contributed by atoms with E-state index in [2.05, 4.69) is 9.97 Å². The summed E-state index contributed by atoms with van der Waals surface area (Å²) in [7, 11) is 0. The standard InChI is InChI=1S/C18H13ClF3N3O/c19-15-8-12(18(20,21)22)10-24-17(15)26-14-6-4-11(5-7-14)16-3-1-2-13(9-23)25-16/h1-8,10H,9,23H2. The van der Waals surface area contributed by atoms with Gasteiger partial charge in [-0.15, -0.1) is 0 Å². The fourth-order valence-corrected chi connectivity index (χ4v) is 2.42. The van der Waals surface area contributed by atoms with Gasteiger partial charge in [-0.05, 0) is 42.5 Å². The van der Waals surface area contributed by atoms with Gasteiger partial charge in [-0.25, -0.2) is 4.98 Å². The van der Waals surface area contributed by atoms with Crippen LogP contribution in [0.3, 0.4) is 0 Å². The zero-order valence-corrected chi connectivity index (χ0v) is 14.1. The van der Waals surface area contributed by atoms with E-state index >= 15 is 0 Å². The van der Waals surface area contributed by atoms with Crippen LogP contribution < -0.4 is 10.5 Å². The van der Waals surface area contributed by atoms with E-state index in [1.54, 1.807) is 24.3 Å². The summed E-state index contributed by atoms with van der Waals surface area (Å²) in [6, 6.07) is 13.2. The molecule has 2 heterocycles. The maximum atomic E-state index is 12.6. The van der Waals surface area contributed by atoms with Gasteiger partial charge in [0.1, 0.15) is 10.8 Å². The molecule has 2 N–H and O–H groups in total. The molecule has 3 aromatic rings. The number of halogens is 4. The molecule has 134 valence electrons. The van der Waals surface area contributed by atoms with Crippen LogP contribution in [-0.4, -0.2) is 9.97 Å². The van der Waals surface area contributed by atoms with Crippen molar-refractivity contribution in [2.45, 2.75) is 12.7 Å². The molecular formula is C18H13ClF3N3O. The number of rotatable bonds is 4. The molecule has 0 spiro atoms. The highest BCUT2D eigenvalue weighted by Crippen LogP contribution is 2.34. The molecule has 0 fully saturated rings. The molecular weight excluding hydrogens is 367 g/mol. The molecule has 8 heteroatoms. The first kappa shape index (κ1) is 18.2. The molecule has 3 rings (SSSR count). The van der Waals surface area contributed by atoms with Crippen molar-refractivity contribution in [1.82, 2.24) is 9.97 Å². The van der Waals surface area contributed by atoms with Crippen molar-refractivity contribution >= 4 is 11.6 Å². The summed E-state index contributed by atoms with van der Waals surface area (Å²) >= 11 is 5.84. The molecule has 4 nitrogen and oxygen atoms in total. The van der Waals surface area contributed by atoms with Crippen molar-refractivity contribution in [3.8, 4) is 22.9 Å². The Kier molecular flexibility index (Phi) is 5.11. The van der Waals surface area contributed by atoms with E-state index in [1.165, 1.54) is 0 Å². The van der Waals surface area contributed by atoms with Gasteiger partial charge in [-0.3, -0.25) is 4.98 Å². The monoisotopic (exact) mass is 379 g/mol. The average Bonchev–Trinajstić information content (AvgIpc) is 2.63. The summed E-state index contributed by atoms with van der Waals surface area (Å²) in [5.41, 5.74) is 7.02. The molecule has 0 aliphatic heterocycles. The van der Waals surface area contributed by atoms with E-state index in [1.807, 2.05) is 18.2 Å². The number of nitrogens with zero attached hydrogens (tertiary/aromatic N) is 2. The molecule has 0 radical (unpaired) electrons. The normalized spacial score (nSPS) is 11.4. The minimum absolute atomic E-state index is 0.101. The number of hydrogen-bond acceptors (Lipinski definition) is 4. The smallest absolute Gasteiger partial charge is 0.417 e. The van der Waals surface area contributed by atoms with E-state index in [9.17, 15) is 13.2 Å². The van der Waals surface area contributed by atoms with E-state index in [0.717, 1.165) is 23.0 Å². The van der Waals surface area contributed by atoms with Crippen LogP contribution in [-0.2, 0) is 12.7 Å². The molecule has 0 aliphatic carbocycles. The first-order valence-electron chi connectivity index (χ1n) is 7.54. The molecule has 0 aliphatic rings. The first-order valence-corrected chi connectivity index (χ1v) is 7.91. The lowest BCUT2D eigenvalue weighted by Gasteiger charge is -2.10. The zero-order valence-electron chi connectivity index (χ0n) is 13.3. The molecule has 26 heavy (non-hydrogen) atoms. The second-order valence-corrected chi connectivity index (χ2v) is 5.76. The van der Waals surface area contributed by atoms with Crippen LogP contribution in [0.25, 0.3) is 11.3 Å². The number of aromatic nitrogens is 2. The maximum Gasteiger partial charge on any atom is 0.417 e. The minimum atomic E-state index is -4.51. The molecule has 0 saturated carbocycles. The summed E-state index contributed by atoms with van der Waals surface area (Å²) < 4.78 is 43.4. The highest BCUT2D eigenvalue weighted by atomic mass is 35.5. The number of alkyl halides is 3. The van der Waals surface area contributed by atoms with E-state index < -0.39 is 11.7 Å². The lowest BCUT2D eigenvalue weighted by atomic mass is 10.1. The lowest BCUT2D eigenvalue weighted by molar-refractivity contribution is -0.137. The molecule has 0 unspecified atom stereocenters. The van der Waals surface area contributed by atoms with Gasteiger partial charge in [0.05, 0.1) is 17.0 Å². The van der Waals surface area contributed by atoms with Crippen LogP contribution in [0.4, 0.5) is 13.2 Å². The highest BCUT2D eigenvalue weighted by Gasteiger charge is 2.31. The quantitative estimate of drug-likeness (QED) is 0.687. The third kappa shape index (κ3) is 4.12. The van der Waals surface area contributed by atoms with E-state index in [4.69, 9.17) is 22.1 Å². The molecule has 2 aromatic heterocycles. The Labute approximate surface area is 152 Å². The largest absolute Gasteiger partial charge is 0.438 e. The summed E-state index contributed by atoms with van der Waals surface area (Å²) in [6.45, 7) is 0.340. The van der Waals surface area contributed by atoms with Gasteiger partial charge in [0, 0.05) is 18.3 Å². The van der Waals surface area contributed by atoms with Crippen LogP contribution in [0.1, 0.15) is 11.3 Å². The van der Waals surface area contributed by atoms with Crippen molar-refractivity contribution in [2.24, 2.45) is 5.73 Å². The van der Waals surface area contributed by atoms with Gasteiger partial charge in [0.2, 0.25) is 5.88 Å². The summed E-state index contributed by atoms with van der Waals surface area (Å²) in [4.78, 5) is 8.06. The van der Waals surface area contributed by atoms with Crippen molar-refractivity contribution in [3.05, 3.63) is 71.0 Å². The molecule has 0 saturated heterocycles. The Morgan fingerprint density at radius 3 is 2.42 bits per heavy atom. The van der Waals surface area contributed by atoms with Gasteiger partial charge in [-0.2, -0.15) is 13.2 Å². The predicted octanol–water partition coefficient (Wildman–Crippen LogP) is 5.07. The highest BCUT2D eigenvalue weighted by molar-refractivity contribution is 6.31. The van der Waals surface area contributed by atoms with Crippen LogP contribution >= 0.6 is 11.6 Å². The van der Waals surface area contributed by atoms with Crippen LogP contribution in [0.5, 0.6) is 11.6 Å².